The average molecular weight is 409 g/mol. The van der Waals surface area contributed by atoms with Crippen LogP contribution in [0.4, 0.5) is 0 Å². The lowest BCUT2D eigenvalue weighted by Gasteiger charge is -2.54. The molecule has 0 N–H and O–H groups in total. The first-order chi connectivity index (χ1) is 10.6. The van der Waals surface area contributed by atoms with E-state index in [2.05, 4.69) is 81.6 Å². The molecule has 0 aromatic heterocycles. The predicted molar refractivity (Wildman–Crippen MR) is 111 cm³/mol. The summed E-state index contributed by atoms with van der Waals surface area (Å²) in [7, 11) is -9.58. The summed E-state index contributed by atoms with van der Waals surface area (Å²) in [5, 5.41) is 0. The molecule has 1 fully saturated rings. The third-order valence-corrected chi connectivity index (χ3v) is 27.2. The maximum atomic E-state index is 6.90. The van der Waals surface area contributed by atoms with E-state index < -0.39 is 34.2 Å². The van der Waals surface area contributed by atoms with Gasteiger partial charge in [-0.1, -0.05) is 55.4 Å². The van der Waals surface area contributed by atoms with Crippen molar-refractivity contribution in [1.82, 2.24) is 0 Å². The van der Waals surface area contributed by atoms with E-state index in [9.17, 15) is 0 Å². The van der Waals surface area contributed by atoms with Crippen LogP contribution < -0.4 is 0 Å². The third kappa shape index (κ3) is 4.51. The number of hydrogen-bond donors (Lipinski definition) is 0. The maximum absolute atomic E-state index is 6.90. The van der Waals surface area contributed by atoms with Crippen molar-refractivity contribution in [1.29, 1.82) is 0 Å². The van der Waals surface area contributed by atoms with Gasteiger partial charge in [0.05, 0.1) is 0 Å². The summed E-state index contributed by atoms with van der Waals surface area (Å²) in [5.74, 6) is 0. The van der Waals surface area contributed by atoms with Crippen molar-refractivity contribution in [3.63, 3.8) is 0 Å². The summed E-state index contributed by atoms with van der Waals surface area (Å²) >= 11 is 0. The van der Waals surface area contributed by atoms with Crippen LogP contribution in [0, 0.1) is 0 Å². The highest BCUT2D eigenvalue weighted by atomic mass is 28.5. The molecule has 1 rings (SSSR count). The Morgan fingerprint density at radius 2 is 0.500 bits per heavy atom. The Morgan fingerprint density at radius 1 is 0.375 bits per heavy atom. The molecule has 0 bridgehead atoms. The molecule has 1 saturated heterocycles. The lowest BCUT2D eigenvalue weighted by atomic mass is 10.6. The lowest BCUT2D eigenvalue weighted by Crippen LogP contribution is -2.70. The first kappa shape index (κ1) is 22.7. The van der Waals surface area contributed by atoms with Gasteiger partial charge in [-0.25, -0.2) is 0 Å². The van der Waals surface area contributed by atoms with Crippen molar-refractivity contribution in [2.45, 2.75) is 104 Å². The van der Waals surface area contributed by atoms with Crippen LogP contribution in [-0.2, 0) is 16.5 Å². The standard InChI is InChI=1S/C16H40O4Si4/c1-13(2)21(9)17-22(10,14(3)4)19-24(12,16(7)8)20-23(11,18-21)15(5)6/h13-16H,1-12H3. The molecule has 0 radical (unpaired) electrons. The first-order valence-electron chi connectivity index (χ1n) is 9.41. The van der Waals surface area contributed by atoms with Crippen LogP contribution in [0.5, 0.6) is 0 Å². The van der Waals surface area contributed by atoms with Gasteiger partial charge in [0.15, 0.2) is 0 Å². The number of hydrogen-bond acceptors (Lipinski definition) is 4. The first-order valence-corrected chi connectivity index (χ1v) is 19.0. The fourth-order valence-electron chi connectivity index (χ4n) is 2.64. The van der Waals surface area contributed by atoms with Gasteiger partial charge >= 0.3 is 34.2 Å². The number of rotatable bonds is 4. The molecule has 0 aromatic carbocycles. The quantitative estimate of drug-likeness (QED) is 0.535. The normalized spacial score (nSPS) is 42.0. The van der Waals surface area contributed by atoms with Gasteiger partial charge in [0.1, 0.15) is 0 Å². The van der Waals surface area contributed by atoms with E-state index >= 15 is 0 Å². The van der Waals surface area contributed by atoms with Crippen molar-refractivity contribution in [3.05, 3.63) is 0 Å². The summed E-state index contributed by atoms with van der Waals surface area (Å²) in [6.45, 7) is 26.6. The predicted octanol–water partition coefficient (Wildman–Crippen LogP) is 5.99. The fraction of sp³-hybridized carbons (Fsp3) is 1.00. The Morgan fingerprint density at radius 3 is 0.583 bits per heavy atom. The minimum atomic E-state index is -2.39. The Labute approximate surface area is 154 Å². The Hall–Kier alpha value is 0.708. The van der Waals surface area contributed by atoms with Crippen LogP contribution in [0.15, 0.2) is 0 Å². The molecule has 0 amide bonds. The molecule has 0 aromatic rings. The van der Waals surface area contributed by atoms with Crippen LogP contribution in [-0.4, -0.2) is 34.2 Å². The molecule has 0 spiro atoms. The third-order valence-electron chi connectivity index (χ3n) is 5.82. The molecule has 24 heavy (non-hydrogen) atoms. The molecule has 0 aliphatic carbocycles. The second-order valence-electron chi connectivity index (χ2n) is 9.09. The zero-order valence-electron chi connectivity index (χ0n) is 17.9. The zero-order chi connectivity index (χ0) is 19.1. The zero-order valence-corrected chi connectivity index (χ0v) is 21.9. The molecule has 4 nitrogen and oxygen atoms in total. The van der Waals surface area contributed by atoms with Crippen LogP contribution in [0.3, 0.4) is 0 Å². The van der Waals surface area contributed by atoms with Crippen molar-refractivity contribution >= 4 is 34.2 Å². The van der Waals surface area contributed by atoms with Gasteiger partial charge in [-0.05, 0) is 48.4 Å². The molecular formula is C16H40O4Si4. The van der Waals surface area contributed by atoms with Gasteiger partial charge in [0, 0.05) is 0 Å². The van der Waals surface area contributed by atoms with E-state index in [1.807, 2.05) is 0 Å². The van der Waals surface area contributed by atoms with Crippen molar-refractivity contribution in [2.24, 2.45) is 0 Å². The van der Waals surface area contributed by atoms with Gasteiger partial charge in [-0.2, -0.15) is 0 Å². The van der Waals surface area contributed by atoms with E-state index in [0.717, 1.165) is 0 Å². The highest BCUT2D eigenvalue weighted by molar-refractivity contribution is 6.95. The Kier molecular flexibility index (Phi) is 6.99. The Balaban J connectivity index is 3.47. The largest absolute Gasteiger partial charge is 0.415 e. The van der Waals surface area contributed by atoms with Crippen molar-refractivity contribution in [3.8, 4) is 0 Å². The van der Waals surface area contributed by atoms with E-state index in [1.165, 1.54) is 0 Å². The van der Waals surface area contributed by atoms with E-state index in [4.69, 9.17) is 16.5 Å². The lowest BCUT2D eigenvalue weighted by molar-refractivity contribution is 0.205. The van der Waals surface area contributed by atoms with E-state index in [0.29, 0.717) is 22.2 Å². The molecule has 1 aliphatic rings. The minimum absolute atomic E-state index is 0.367. The molecule has 144 valence electrons. The molecule has 8 heteroatoms. The minimum Gasteiger partial charge on any atom is -0.415 e. The topological polar surface area (TPSA) is 36.9 Å². The summed E-state index contributed by atoms with van der Waals surface area (Å²) < 4.78 is 27.6. The maximum Gasteiger partial charge on any atom is 0.320 e. The molecular weight excluding hydrogens is 369 g/mol. The average Bonchev–Trinajstić information content (AvgIpc) is 2.35. The highest BCUT2D eigenvalue weighted by Crippen LogP contribution is 2.44. The van der Waals surface area contributed by atoms with Gasteiger partial charge in [-0.3, -0.25) is 0 Å². The Bertz CT molecular complexity index is 352. The smallest absolute Gasteiger partial charge is 0.320 e. The van der Waals surface area contributed by atoms with Crippen LogP contribution in [0.1, 0.15) is 55.4 Å². The molecule has 0 atom stereocenters. The van der Waals surface area contributed by atoms with Crippen LogP contribution >= 0.6 is 0 Å². The second kappa shape index (κ2) is 7.38. The van der Waals surface area contributed by atoms with E-state index in [1.54, 1.807) is 0 Å². The molecule has 0 unspecified atom stereocenters. The molecule has 0 saturated carbocycles. The van der Waals surface area contributed by atoms with Crippen LogP contribution in [0.25, 0.3) is 0 Å². The fourth-order valence-corrected chi connectivity index (χ4v) is 25.2. The highest BCUT2D eigenvalue weighted by Gasteiger charge is 2.60. The summed E-state index contributed by atoms with van der Waals surface area (Å²) in [4.78, 5) is 0. The summed E-state index contributed by atoms with van der Waals surface area (Å²) in [6.07, 6.45) is 0. The van der Waals surface area contributed by atoms with Crippen molar-refractivity contribution in [2.75, 3.05) is 0 Å². The second-order valence-corrected chi connectivity index (χ2v) is 25.1. The summed E-state index contributed by atoms with van der Waals surface area (Å²) in [5.41, 5.74) is 1.47. The van der Waals surface area contributed by atoms with Gasteiger partial charge < -0.3 is 16.5 Å². The molecule has 1 aliphatic heterocycles. The molecule has 1 heterocycles. The van der Waals surface area contributed by atoms with Gasteiger partial charge in [0.25, 0.3) is 0 Å². The van der Waals surface area contributed by atoms with Crippen LogP contribution in [0.2, 0.25) is 48.4 Å². The summed E-state index contributed by atoms with van der Waals surface area (Å²) in [6, 6.07) is 0. The van der Waals surface area contributed by atoms with Gasteiger partial charge in [-0.15, -0.1) is 0 Å². The van der Waals surface area contributed by atoms with E-state index in [-0.39, 0.29) is 0 Å². The SMILES string of the molecule is CC(C)[Si]1(C)O[Si](C)(C(C)C)O[Si](C)(C(C)C)O[Si](C)(C(C)C)O1. The van der Waals surface area contributed by atoms with Crippen molar-refractivity contribution < 1.29 is 16.5 Å². The van der Waals surface area contributed by atoms with Gasteiger partial charge in [0.2, 0.25) is 0 Å². The monoisotopic (exact) mass is 408 g/mol.